The Hall–Kier alpha value is -3.82. The molecule has 0 saturated heterocycles. The lowest BCUT2D eigenvalue weighted by molar-refractivity contribution is 0.630. The second-order valence-corrected chi connectivity index (χ2v) is 9.03. The number of aromatic nitrogens is 4. The minimum atomic E-state index is -0.171. The summed E-state index contributed by atoms with van der Waals surface area (Å²) in [5, 5.41) is 8.73. The molecule has 0 aliphatic heterocycles. The van der Waals surface area contributed by atoms with Crippen molar-refractivity contribution in [3.8, 4) is 16.3 Å². The Morgan fingerprint density at radius 1 is 1.03 bits per heavy atom. The largest absolute Gasteiger partial charge is 0.297 e. The van der Waals surface area contributed by atoms with Gasteiger partial charge in [-0.1, -0.05) is 30.3 Å². The predicted molar refractivity (Wildman–Crippen MR) is 134 cm³/mol. The number of thiophene rings is 1. The summed E-state index contributed by atoms with van der Waals surface area (Å²) in [6.45, 7) is 1.90. The van der Waals surface area contributed by atoms with Crippen LogP contribution < -0.4 is 10.4 Å². The summed E-state index contributed by atoms with van der Waals surface area (Å²) in [7, 11) is 1.86. The number of hydrogen-bond acceptors (Lipinski definition) is 6. The highest BCUT2D eigenvalue weighted by molar-refractivity contribution is 7.14. The zero-order chi connectivity index (χ0) is 22.8. The van der Waals surface area contributed by atoms with E-state index in [1.54, 1.807) is 39.3 Å². The van der Waals surface area contributed by atoms with E-state index in [2.05, 4.69) is 4.98 Å². The number of para-hydroxylation sites is 1. The van der Waals surface area contributed by atoms with Crippen molar-refractivity contribution in [3.05, 3.63) is 104 Å². The van der Waals surface area contributed by atoms with Gasteiger partial charge in [-0.3, -0.25) is 14.5 Å². The molecule has 164 valence electrons. The molecule has 7 nitrogen and oxygen atoms in total. The standard InChI is InChI=1S/C24H20N6OS2/c1-17-22(23(31)30(28(17)2)19-9-4-3-5-10-19)27-24-29(26-15-18-8-6-12-25-14-18)20(16-33-24)21-11-7-13-32-21/h3-16H,1-2H3. The first-order chi connectivity index (χ1) is 16.1. The highest BCUT2D eigenvalue weighted by atomic mass is 32.1. The van der Waals surface area contributed by atoms with Crippen molar-refractivity contribution in [3.63, 3.8) is 0 Å². The molecule has 0 bridgehead atoms. The van der Waals surface area contributed by atoms with Crippen LogP contribution in [-0.2, 0) is 7.05 Å². The fourth-order valence-corrected chi connectivity index (χ4v) is 5.07. The van der Waals surface area contributed by atoms with Crippen LogP contribution in [0.25, 0.3) is 16.3 Å². The van der Waals surface area contributed by atoms with Gasteiger partial charge in [0.2, 0.25) is 4.80 Å². The zero-order valence-corrected chi connectivity index (χ0v) is 19.6. The Labute approximate surface area is 197 Å². The molecule has 1 aromatic carbocycles. The normalized spacial score (nSPS) is 12.1. The molecule has 9 heteroatoms. The van der Waals surface area contributed by atoms with E-state index in [9.17, 15) is 4.79 Å². The summed E-state index contributed by atoms with van der Waals surface area (Å²) in [4.78, 5) is 24.0. The SMILES string of the molecule is Cc1c(N=c2scc(-c3cccs3)n2N=Cc2cccnc2)c(=O)n(-c2ccccc2)n1C. The summed E-state index contributed by atoms with van der Waals surface area (Å²) in [6.07, 6.45) is 5.22. The Balaban J connectivity index is 1.69. The smallest absolute Gasteiger partial charge is 0.283 e. The van der Waals surface area contributed by atoms with Gasteiger partial charge in [0.1, 0.15) is 0 Å². The molecule has 0 aliphatic carbocycles. The molecular formula is C24H20N6OS2. The van der Waals surface area contributed by atoms with Crippen molar-refractivity contribution in [1.29, 1.82) is 0 Å². The monoisotopic (exact) mass is 472 g/mol. The number of pyridine rings is 1. The van der Waals surface area contributed by atoms with E-state index in [0.717, 1.165) is 27.5 Å². The second-order valence-electron chi connectivity index (χ2n) is 7.25. The second kappa shape index (κ2) is 8.97. The minimum Gasteiger partial charge on any atom is -0.283 e. The molecule has 4 aromatic heterocycles. The summed E-state index contributed by atoms with van der Waals surface area (Å²) >= 11 is 3.08. The third-order valence-electron chi connectivity index (χ3n) is 5.20. The van der Waals surface area contributed by atoms with Gasteiger partial charge < -0.3 is 0 Å². The van der Waals surface area contributed by atoms with E-state index in [1.165, 1.54) is 11.3 Å². The molecule has 0 N–H and O–H groups in total. The first-order valence-electron chi connectivity index (χ1n) is 10.2. The van der Waals surface area contributed by atoms with E-state index >= 15 is 0 Å². The summed E-state index contributed by atoms with van der Waals surface area (Å²) in [5.74, 6) is 0. The maximum Gasteiger partial charge on any atom is 0.297 e. The van der Waals surface area contributed by atoms with Gasteiger partial charge in [0.05, 0.1) is 28.2 Å². The van der Waals surface area contributed by atoms with Crippen LogP contribution in [-0.4, -0.2) is 25.2 Å². The quantitative estimate of drug-likeness (QED) is 0.351. The van der Waals surface area contributed by atoms with E-state index in [4.69, 9.17) is 10.1 Å². The molecule has 4 heterocycles. The lowest BCUT2D eigenvalue weighted by Gasteiger charge is -2.07. The summed E-state index contributed by atoms with van der Waals surface area (Å²) < 4.78 is 5.24. The van der Waals surface area contributed by atoms with Crippen LogP contribution in [0.5, 0.6) is 0 Å². The Morgan fingerprint density at radius 3 is 2.61 bits per heavy atom. The maximum atomic E-state index is 13.3. The molecule has 33 heavy (non-hydrogen) atoms. The first-order valence-corrected chi connectivity index (χ1v) is 12.0. The summed E-state index contributed by atoms with van der Waals surface area (Å²) in [6, 6.07) is 17.4. The Morgan fingerprint density at radius 2 is 1.88 bits per heavy atom. The topological polar surface area (TPSA) is 69.5 Å². The lowest BCUT2D eigenvalue weighted by Crippen LogP contribution is -2.19. The average molecular weight is 473 g/mol. The van der Waals surface area contributed by atoms with Crippen LogP contribution >= 0.6 is 22.7 Å². The molecule has 0 unspecified atom stereocenters. The number of rotatable bonds is 5. The van der Waals surface area contributed by atoms with Crippen LogP contribution in [0.2, 0.25) is 0 Å². The van der Waals surface area contributed by atoms with Gasteiger partial charge in [0.25, 0.3) is 5.56 Å². The van der Waals surface area contributed by atoms with Gasteiger partial charge in [0, 0.05) is 30.4 Å². The molecule has 0 saturated carbocycles. The van der Waals surface area contributed by atoms with Gasteiger partial charge in [-0.2, -0.15) is 5.10 Å². The van der Waals surface area contributed by atoms with E-state index < -0.39 is 0 Å². The van der Waals surface area contributed by atoms with Crippen LogP contribution in [0.3, 0.4) is 0 Å². The van der Waals surface area contributed by atoms with Gasteiger partial charge >= 0.3 is 0 Å². The van der Waals surface area contributed by atoms with Crippen LogP contribution in [0.4, 0.5) is 5.69 Å². The fourth-order valence-electron chi connectivity index (χ4n) is 3.44. The van der Waals surface area contributed by atoms with Gasteiger partial charge in [-0.05, 0) is 36.6 Å². The van der Waals surface area contributed by atoms with Crippen molar-refractivity contribution in [2.75, 3.05) is 0 Å². The third kappa shape index (κ3) is 4.04. The van der Waals surface area contributed by atoms with Crippen molar-refractivity contribution >= 4 is 34.6 Å². The minimum absolute atomic E-state index is 0.171. The first kappa shape index (κ1) is 21.0. The molecule has 0 fully saturated rings. The average Bonchev–Trinajstić information content (AvgIpc) is 3.56. The third-order valence-corrected chi connectivity index (χ3v) is 6.91. The van der Waals surface area contributed by atoms with Crippen LogP contribution in [0, 0.1) is 6.92 Å². The highest BCUT2D eigenvalue weighted by Gasteiger charge is 2.17. The van der Waals surface area contributed by atoms with Crippen molar-refractivity contribution in [1.82, 2.24) is 19.0 Å². The highest BCUT2D eigenvalue weighted by Crippen LogP contribution is 2.25. The number of thiazole rings is 1. The lowest BCUT2D eigenvalue weighted by atomic mass is 10.3. The molecule has 0 amide bonds. The van der Waals surface area contributed by atoms with Crippen LogP contribution in [0.15, 0.2) is 92.6 Å². The van der Waals surface area contributed by atoms with Gasteiger partial charge in [-0.25, -0.2) is 14.4 Å². The van der Waals surface area contributed by atoms with Gasteiger partial charge in [0.15, 0.2) is 5.69 Å². The molecule has 0 radical (unpaired) electrons. The van der Waals surface area contributed by atoms with E-state index in [-0.39, 0.29) is 5.56 Å². The van der Waals surface area contributed by atoms with Crippen molar-refractivity contribution in [2.24, 2.45) is 17.1 Å². The van der Waals surface area contributed by atoms with Crippen LogP contribution in [0.1, 0.15) is 11.3 Å². The molecule has 0 atom stereocenters. The summed E-state index contributed by atoms with van der Waals surface area (Å²) in [5.41, 5.74) is 3.59. The number of hydrogen-bond donors (Lipinski definition) is 0. The molecule has 5 aromatic rings. The van der Waals surface area contributed by atoms with Gasteiger partial charge in [-0.15, -0.1) is 22.7 Å². The van der Waals surface area contributed by atoms with Crippen molar-refractivity contribution in [2.45, 2.75) is 6.92 Å². The predicted octanol–water partition coefficient (Wildman–Crippen LogP) is 4.59. The Kier molecular flexibility index (Phi) is 5.72. The Bertz CT molecular complexity index is 1540. The maximum absolute atomic E-state index is 13.3. The van der Waals surface area contributed by atoms with Crippen molar-refractivity contribution < 1.29 is 0 Å². The molecule has 0 spiro atoms. The molecule has 0 aliphatic rings. The molecular weight excluding hydrogens is 452 g/mol. The van der Waals surface area contributed by atoms with E-state index in [1.807, 2.05) is 84.0 Å². The zero-order valence-electron chi connectivity index (χ0n) is 18.0. The molecule has 5 rings (SSSR count). The van der Waals surface area contributed by atoms with E-state index in [0.29, 0.717) is 10.5 Å². The number of nitrogens with zero attached hydrogens (tertiary/aromatic N) is 6. The number of benzene rings is 1. The fraction of sp³-hybridized carbons (Fsp3) is 0.0833.